The molecule has 0 saturated heterocycles. The van der Waals surface area contributed by atoms with Gasteiger partial charge in [-0.25, -0.2) is 0 Å². The number of amides is 1. The van der Waals surface area contributed by atoms with Gasteiger partial charge in [-0.1, -0.05) is 36.2 Å². The van der Waals surface area contributed by atoms with Crippen LogP contribution in [0, 0.1) is 5.92 Å². The van der Waals surface area contributed by atoms with Gasteiger partial charge in [-0.05, 0) is 36.6 Å². The summed E-state index contributed by atoms with van der Waals surface area (Å²) in [5, 5.41) is 7.39. The topological polar surface area (TPSA) is 41.1 Å². The van der Waals surface area contributed by atoms with Crippen molar-refractivity contribution in [2.24, 2.45) is 5.92 Å². The van der Waals surface area contributed by atoms with E-state index in [0.29, 0.717) is 16.6 Å². The van der Waals surface area contributed by atoms with E-state index in [-0.39, 0.29) is 17.7 Å². The van der Waals surface area contributed by atoms with Gasteiger partial charge in [0.2, 0.25) is 5.91 Å². The van der Waals surface area contributed by atoms with Crippen molar-refractivity contribution in [2.75, 3.05) is 19.6 Å². The summed E-state index contributed by atoms with van der Waals surface area (Å²) >= 11 is 12.0. The lowest BCUT2D eigenvalue weighted by atomic mass is 10.1. The molecule has 1 aromatic rings. The molecule has 1 aromatic carbocycles. The quantitative estimate of drug-likeness (QED) is 0.793. The first-order valence-electron chi connectivity index (χ1n) is 6.57. The van der Waals surface area contributed by atoms with Crippen LogP contribution in [-0.2, 0) is 4.79 Å². The van der Waals surface area contributed by atoms with E-state index in [1.807, 2.05) is 19.1 Å². The molecular formula is C14H18Cl2N2O. The second-order valence-electron chi connectivity index (χ2n) is 4.76. The minimum absolute atomic E-state index is 0.0558. The monoisotopic (exact) mass is 300 g/mol. The molecule has 0 aliphatic heterocycles. The molecule has 1 aliphatic rings. The molecule has 104 valence electrons. The molecule has 0 radical (unpaired) electrons. The van der Waals surface area contributed by atoms with Crippen LogP contribution in [0.4, 0.5) is 0 Å². The van der Waals surface area contributed by atoms with Gasteiger partial charge in [0.05, 0.1) is 0 Å². The lowest BCUT2D eigenvalue weighted by molar-refractivity contribution is -0.122. The number of carbonyl (C=O) groups excluding carboxylic acids is 1. The highest BCUT2D eigenvalue weighted by Gasteiger charge is 2.44. The molecule has 2 rings (SSSR count). The van der Waals surface area contributed by atoms with Crippen LogP contribution in [0.3, 0.4) is 0 Å². The van der Waals surface area contributed by atoms with Crippen LogP contribution >= 0.6 is 23.2 Å². The highest BCUT2D eigenvalue weighted by Crippen LogP contribution is 2.49. The number of likely N-dealkylation sites (N-methyl/N-ethyl adjacent to an activating group) is 1. The summed E-state index contributed by atoms with van der Waals surface area (Å²) in [6.45, 7) is 4.44. The Labute approximate surface area is 123 Å². The fraction of sp³-hybridized carbons (Fsp3) is 0.500. The van der Waals surface area contributed by atoms with Crippen LogP contribution in [0.15, 0.2) is 18.2 Å². The molecule has 0 aromatic heterocycles. The smallest absolute Gasteiger partial charge is 0.223 e. The van der Waals surface area contributed by atoms with Crippen molar-refractivity contribution in [3.63, 3.8) is 0 Å². The van der Waals surface area contributed by atoms with Crippen molar-refractivity contribution in [3.8, 4) is 0 Å². The third-order valence-electron chi connectivity index (χ3n) is 3.34. The number of hydrogen-bond acceptors (Lipinski definition) is 2. The highest BCUT2D eigenvalue weighted by atomic mass is 35.5. The number of nitrogens with one attached hydrogen (secondary N) is 2. The molecule has 19 heavy (non-hydrogen) atoms. The highest BCUT2D eigenvalue weighted by molar-refractivity contribution is 6.35. The SMILES string of the molecule is CCNCCNC(=O)C1CC1c1ccc(Cl)cc1Cl. The minimum Gasteiger partial charge on any atom is -0.355 e. The molecule has 0 spiro atoms. The zero-order valence-electron chi connectivity index (χ0n) is 10.9. The van der Waals surface area contributed by atoms with Crippen molar-refractivity contribution < 1.29 is 4.79 Å². The first-order valence-corrected chi connectivity index (χ1v) is 7.32. The summed E-state index contributed by atoms with van der Waals surface area (Å²) in [4.78, 5) is 11.9. The van der Waals surface area contributed by atoms with Crippen molar-refractivity contribution in [2.45, 2.75) is 19.3 Å². The summed E-state index contributed by atoms with van der Waals surface area (Å²) in [5.41, 5.74) is 1.03. The molecule has 2 N–H and O–H groups in total. The third kappa shape index (κ3) is 3.85. The Morgan fingerprint density at radius 3 is 2.84 bits per heavy atom. The fourth-order valence-corrected chi connectivity index (χ4v) is 2.76. The maximum atomic E-state index is 11.9. The van der Waals surface area contributed by atoms with Gasteiger partial charge in [0.15, 0.2) is 0 Å². The van der Waals surface area contributed by atoms with Crippen LogP contribution in [-0.4, -0.2) is 25.5 Å². The van der Waals surface area contributed by atoms with Crippen molar-refractivity contribution in [1.29, 1.82) is 0 Å². The predicted octanol–water partition coefficient (Wildman–Crippen LogP) is 2.82. The molecule has 2 unspecified atom stereocenters. The van der Waals surface area contributed by atoms with Gasteiger partial charge in [-0.3, -0.25) is 4.79 Å². The van der Waals surface area contributed by atoms with Crippen molar-refractivity contribution in [3.05, 3.63) is 33.8 Å². The Morgan fingerprint density at radius 2 is 2.16 bits per heavy atom. The Hall–Kier alpha value is -0.770. The number of hydrogen-bond donors (Lipinski definition) is 2. The number of carbonyl (C=O) groups is 1. The zero-order chi connectivity index (χ0) is 13.8. The molecule has 1 saturated carbocycles. The maximum Gasteiger partial charge on any atom is 0.223 e. The summed E-state index contributed by atoms with van der Waals surface area (Å²) < 4.78 is 0. The van der Waals surface area contributed by atoms with Crippen LogP contribution < -0.4 is 10.6 Å². The van der Waals surface area contributed by atoms with E-state index in [4.69, 9.17) is 23.2 Å². The van der Waals surface area contributed by atoms with Gasteiger partial charge in [0, 0.05) is 29.1 Å². The summed E-state index contributed by atoms with van der Waals surface area (Å²) in [7, 11) is 0. The van der Waals surface area contributed by atoms with Crippen LogP contribution in [0.1, 0.15) is 24.8 Å². The largest absolute Gasteiger partial charge is 0.355 e. The molecule has 3 nitrogen and oxygen atoms in total. The minimum atomic E-state index is 0.0558. The molecule has 1 aliphatic carbocycles. The Bertz CT molecular complexity index is 465. The lowest BCUT2D eigenvalue weighted by Crippen LogP contribution is -2.32. The summed E-state index contributed by atoms with van der Waals surface area (Å²) in [6.07, 6.45) is 0.869. The van der Waals surface area contributed by atoms with Crippen molar-refractivity contribution >= 4 is 29.1 Å². The van der Waals surface area contributed by atoms with Gasteiger partial charge in [0.1, 0.15) is 0 Å². The molecular weight excluding hydrogens is 283 g/mol. The second kappa shape index (κ2) is 6.60. The first kappa shape index (κ1) is 14.6. The van der Waals surface area contributed by atoms with Gasteiger partial charge < -0.3 is 10.6 Å². The van der Waals surface area contributed by atoms with E-state index >= 15 is 0 Å². The van der Waals surface area contributed by atoms with E-state index in [2.05, 4.69) is 10.6 Å². The predicted molar refractivity (Wildman–Crippen MR) is 78.9 cm³/mol. The molecule has 0 heterocycles. The second-order valence-corrected chi connectivity index (χ2v) is 5.60. The lowest BCUT2D eigenvalue weighted by Gasteiger charge is -2.06. The first-order chi connectivity index (χ1) is 9.13. The molecule has 5 heteroatoms. The van der Waals surface area contributed by atoms with E-state index in [0.717, 1.165) is 25.1 Å². The van der Waals surface area contributed by atoms with Gasteiger partial charge >= 0.3 is 0 Å². The normalized spacial score (nSPS) is 21.2. The van der Waals surface area contributed by atoms with Gasteiger partial charge in [-0.15, -0.1) is 0 Å². The molecule has 2 atom stereocenters. The Balaban J connectivity index is 1.84. The van der Waals surface area contributed by atoms with Crippen molar-refractivity contribution in [1.82, 2.24) is 10.6 Å². The fourth-order valence-electron chi connectivity index (χ4n) is 2.21. The number of benzene rings is 1. The van der Waals surface area contributed by atoms with Crippen LogP contribution in [0.25, 0.3) is 0 Å². The molecule has 0 bridgehead atoms. The third-order valence-corrected chi connectivity index (χ3v) is 3.90. The van der Waals surface area contributed by atoms with E-state index in [9.17, 15) is 4.79 Å². The standard InChI is InChI=1S/C14H18Cl2N2O/c1-2-17-5-6-18-14(19)12-8-11(12)10-4-3-9(15)7-13(10)16/h3-4,7,11-12,17H,2,5-6,8H2,1H3,(H,18,19). The van der Waals surface area contributed by atoms with E-state index in [1.165, 1.54) is 0 Å². The average molecular weight is 301 g/mol. The maximum absolute atomic E-state index is 11.9. The van der Waals surface area contributed by atoms with E-state index in [1.54, 1.807) is 6.07 Å². The van der Waals surface area contributed by atoms with Crippen LogP contribution in [0.2, 0.25) is 10.0 Å². The summed E-state index contributed by atoms with van der Waals surface area (Å²) in [6, 6.07) is 5.47. The van der Waals surface area contributed by atoms with Crippen LogP contribution in [0.5, 0.6) is 0 Å². The van der Waals surface area contributed by atoms with Gasteiger partial charge in [-0.2, -0.15) is 0 Å². The molecule has 1 amide bonds. The Morgan fingerprint density at radius 1 is 1.37 bits per heavy atom. The zero-order valence-corrected chi connectivity index (χ0v) is 12.4. The average Bonchev–Trinajstić information content (AvgIpc) is 3.14. The molecule has 1 fully saturated rings. The number of rotatable bonds is 6. The van der Waals surface area contributed by atoms with E-state index < -0.39 is 0 Å². The van der Waals surface area contributed by atoms with Gasteiger partial charge in [0.25, 0.3) is 0 Å². The summed E-state index contributed by atoms with van der Waals surface area (Å²) in [5.74, 6) is 0.415. The Kier molecular flexibility index (Phi) is 5.08. The number of halogens is 2.